The van der Waals surface area contributed by atoms with Crippen molar-refractivity contribution in [2.45, 2.75) is 366 Å². The third-order valence-corrected chi connectivity index (χ3v) is 14.7. The molecule has 2 atom stereocenters. The summed E-state index contributed by atoms with van der Waals surface area (Å²) in [4.78, 5) is 24.5. The van der Waals surface area contributed by atoms with Gasteiger partial charge < -0.3 is 20.3 Å². The molecule has 0 fully saturated rings. The number of unbranched alkanes of at least 4 members (excludes halogenated alkanes) is 47. The predicted octanol–water partition coefficient (Wildman–Crippen LogP) is 19.1. The molecular formula is C61H121NO5. The van der Waals surface area contributed by atoms with Gasteiger partial charge in [-0.2, -0.15) is 0 Å². The zero-order valence-corrected chi connectivity index (χ0v) is 45.7. The van der Waals surface area contributed by atoms with Crippen LogP contribution in [0, 0.1) is 0 Å². The molecule has 0 aromatic rings. The number of carbonyl (C=O) groups excluding carboxylic acids is 2. The van der Waals surface area contributed by atoms with Crippen LogP contribution in [0.2, 0.25) is 0 Å². The Morgan fingerprint density at radius 1 is 0.358 bits per heavy atom. The molecule has 0 spiro atoms. The van der Waals surface area contributed by atoms with E-state index in [-0.39, 0.29) is 18.5 Å². The molecule has 0 aliphatic rings. The minimum Gasteiger partial charge on any atom is -0.466 e. The highest BCUT2D eigenvalue weighted by atomic mass is 16.5. The molecule has 0 aliphatic carbocycles. The minimum absolute atomic E-state index is 0.0185. The number of amides is 1. The Bertz CT molecular complexity index is 959. The van der Waals surface area contributed by atoms with Gasteiger partial charge in [0.2, 0.25) is 5.91 Å². The van der Waals surface area contributed by atoms with Gasteiger partial charge in [0.1, 0.15) is 0 Å². The molecule has 0 radical (unpaired) electrons. The van der Waals surface area contributed by atoms with Crippen LogP contribution in [0.1, 0.15) is 354 Å². The first-order valence-corrected chi connectivity index (χ1v) is 30.8. The summed E-state index contributed by atoms with van der Waals surface area (Å²) in [6.45, 7) is 4.97. The van der Waals surface area contributed by atoms with Crippen molar-refractivity contribution < 1.29 is 24.5 Å². The van der Waals surface area contributed by atoms with Gasteiger partial charge in [-0.1, -0.05) is 316 Å². The van der Waals surface area contributed by atoms with Crippen LogP contribution in [0.3, 0.4) is 0 Å². The third kappa shape index (κ3) is 54.0. The van der Waals surface area contributed by atoms with Crippen LogP contribution in [-0.4, -0.2) is 47.4 Å². The SMILES string of the molecule is CCCCCCCCCCCCCCCCCCCCC(=O)OCCCCCCCCCCCCCCCCCCCCCCCCC(=O)NC(CO)C(O)CCCCCCCCCCCC. The average molecular weight is 949 g/mol. The fraction of sp³-hybridized carbons (Fsp3) is 0.967. The molecule has 67 heavy (non-hydrogen) atoms. The molecular weight excluding hydrogens is 827 g/mol. The van der Waals surface area contributed by atoms with Gasteiger partial charge in [-0.15, -0.1) is 0 Å². The molecule has 0 heterocycles. The van der Waals surface area contributed by atoms with Gasteiger partial charge in [-0.05, 0) is 25.7 Å². The first-order valence-electron chi connectivity index (χ1n) is 30.8. The lowest BCUT2D eigenvalue weighted by atomic mass is 10.0. The van der Waals surface area contributed by atoms with Crippen molar-refractivity contribution in [3.05, 3.63) is 0 Å². The average Bonchev–Trinajstić information content (AvgIpc) is 3.33. The second-order valence-electron chi connectivity index (χ2n) is 21.4. The highest BCUT2D eigenvalue weighted by molar-refractivity contribution is 5.76. The number of rotatable bonds is 58. The van der Waals surface area contributed by atoms with Crippen molar-refractivity contribution >= 4 is 11.9 Å². The van der Waals surface area contributed by atoms with Crippen molar-refractivity contribution in [2.24, 2.45) is 0 Å². The number of esters is 1. The van der Waals surface area contributed by atoms with Crippen molar-refractivity contribution in [3.8, 4) is 0 Å². The van der Waals surface area contributed by atoms with Gasteiger partial charge >= 0.3 is 5.97 Å². The standard InChI is InChI=1S/C61H121NO5/c1-3-5-7-9-11-13-15-16-17-18-26-29-32-35-39-43-47-51-55-61(66)67-56-52-48-44-40-36-33-30-27-24-22-20-19-21-23-25-28-31-34-38-42-46-50-54-60(65)62-58(57-63)59(64)53-49-45-41-37-14-12-10-8-6-4-2/h58-59,63-64H,3-57H2,1-2H3,(H,62,65). The van der Waals surface area contributed by atoms with Gasteiger partial charge in [-0.3, -0.25) is 9.59 Å². The Balaban J connectivity index is 3.32. The van der Waals surface area contributed by atoms with Crippen LogP contribution in [0.15, 0.2) is 0 Å². The maximum atomic E-state index is 12.4. The summed E-state index contributed by atoms with van der Waals surface area (Å²) < 4.78 is 5.50. The molecule has 3 N–H and O–H groups in total. The topological polar surface area (TPSA) is 95.9 Å². The number of nitrogens with one attached hydrogen (secondary N) is 1. The van der Waals surface area contributed by atoms with Gasteiger partial charge in [0.15, 0.2) is 0 Å². The lowest BCUT2D eigenvalue weighted by molar-refractivity contribution is -0.143. The molecule has 6 heteroatoms. The zero-order valence-electron chi connectivity index (χ0n) is 45.7. The highest BCUT2D eigenvalue weighted by Gasteiger charge is 2.20. The van der Waals surface area contributed by atoms with Crippen LogP contribution < -0.4 is 5.32 Å². The summed E-state index contributed by atoms with van der Waals surface area (Å²) >= 11 is 0. The van der Waals surface area contributed by atoms with Crippen LogP contribution in [0.5, 0.6) is 0 Å². The molecule has 0 rings (SSSR count). The maximum Gasteiger partial charge on any atom is 0.305 e. The van der Waals surface area contributed by atoms with Crippen molar-refractivity contribution in [2.75, 3.05) is 13.2 Å². The zero-order chi connectivity index (χ0) is 48.6. The number of hydrogen-bond acceptors (Lipinski definition) is 5. The highest BCUT2D eigenvalue weighted by Crippen LogP contribution is 2.18. The molecule has 0 aliphatic heterocycles. The van der Waals surface area contributed by atoms with E-state index in [0.717, 1.165) is 38.5 Å². The van der Waals surface area contributed by atoms with E-state index in [9.17, 15) is 19.8 Å². The molecule has 0 saturated heterocycles. The van der Waals surface area contributed by atoms with Crippen LogP contribution in [-0.2, 0) is 14.3 Å². The molecule has 0 aromatic heterocycles. The molecule has 6 nitrogen and oxygen atoms in total. The van der Waals surface area contributed by atoms with Crippen LogP contribution >= 0.6 is 0 Å². The van der Waals surface area contributed by atoms with Gasteiger partial charge in [-0.25, -0.2) is 0 Å². The molecule has 2 unspecified atom stereocenters. The molecule has 0 bridgehead atoms. The van der Waals surface area contributed by atoms with Crippen molar-refractivity contribution in [1.82, 2.24) is 5.32 Å². The summed E-state index contributed by atoms with van der Waals surface area (Å²) in [7, 11) is 0. The summed E-state index contributed by atoms with van der Waals surface area (Å²) in [5.41, 5.74) is 0. The lowest BCUT2D eigenvalue weighted by Crippen LogP contribution is -2.45. The van der Waals surface area contributed by atoms with E-state index in [4.69, 9.17) is 4.74 Å². The van der Waals surface area contributed by atoms with E-state index < -0.39 is 12.1 Å². The Hall–Kier alpha value is -1.14. The number of aliphatic hydroxyl groups is 2. The van der Waals surface area contributed by atoms with Crippen molar-refractivity contribution in [3.63, 3.8) is 0 Å². The molecule has 1 amide bonds. The van der Waals surface area contributed by atoms with Gasteiger partial charge in [0, 0.05) is 12.8 Å². The number of aliphatic hydroxyl groups excluding tert-OH is 2. The smallest absolute Gasteiger partial charge is 0.305 e. The van der Waals surface area contributed by atoms with E-state index in [1.54, 1.807) is 0 Å². The Labute approximate surface area is 419 Å². The fourth-order valence-electron chi connectivity index (χ4n) is 9.94. The first kappa shape index (κ1) is 65.9. The third-order valence-electron chi connectivity index (χ3n) is 14.7. The summed E-state index contributed by atoms with van der Waals surface area (Å²) in [6, 6.07) is -0.538. The molecule has 0 saturated carbocycles. The predicted molar refractivity (Wildman–Crippen MR) is 292 cm³/mol. The van der Waals surface area contributed by atoms with E-state index in [1.807, 2.05) is 0 Å². The number of hydrogen-bond donors (Lipinski definition) is 3. The Morgan fingerprint density at radius 3 is 0.910 bits per heavy atom. The molecule has 400 valence electrons. The molecule has 0 aromatic carbocycles. The second kappa shape index (κ2) is 57.4. The summed E-state index contributed by atoms with van der Waals surface area (Å²) in [5.74, 6) is -0.0163. The minimum atomic E-state index is -0.661. The van der Waals surface area contributed by atoms with E-state index in [1.165, 1.54) is 283 Å². The van der Waals surface area contributed by atoms with Crippen LogP contribution in [0.4, 0.5) is 0 Å². The van der Waals surface area contributed by atoms with E-state index >= 15 is 0 Å². The maximum absolute atomic E-state index is 12.4. The van der Waals surface area contributed by atoms with Gasteiger partial charge in [0.05, 0.1) is 25.4 Å². The number of carbonyl (C=O) groups is 2. The Kier molecular flexibility index (Phi) is 56.5. The monoisotopic (exact) mass is 948 g/mol. The van der Waals surface area contributed by atoms with Gasteiger partial charge in [0.25, 0.3) is 0 Å². The van der Waals surface area contributed by atoms with Crippen LogP contribution in [0.25, 0.3) is 0 Å². The Morgan fingerprint density at radius 2 is 0.612 bits per heavy atom. The second-order valence-corrected chi connectivity index (χ2v) is 21.4. The van der Waals surface area contributed by atoms with Crippen molar-refractivity contribution in [1.29, 1.82) is 0 Å². The quantitative estimate of drug-likeness (QED) is 0.0417. The first-order chi connectivity index (χ1) is 33.0. The normalized spacial score (nSPS) is 12.5. The largest absolute Gasteiger partial charge is 0.466 e. The summed E-state index contributed by atoms with van der Waals surface area (Å²) in [6.07, 6.45) is 66.9. The fourth-order valence-corrected chi connectivity index (χ4v) is 9.94. The summed E-state index contributed by atoms with van der Waals surface area (Å²) in [5, 5.41) is 23.2. The van der Waals surface area contributed by atoms with E-state index in [2.05, 4.69) is 19.2 Å². The number of ether oxygens (including phenoxy) is 1. The van der Waals surface area contributed by atoms with E-state index in [0.29, 0.717) is 25.9 Å². The lowest BCUT2D eigenvalue weighted by Gasteiger charge is -2.22.